The van der Waals surface area contributed by atoms with E-state index in [0.717, 1.165) is 0 Å². The molecule has 0 aliphatic carbocycles. The van der Waals surface area contributed by atoms with Crippen LogP contribution in [0, 0.1) is 0 Å². The Hall–Kier alpha value is -2.19. The lowest BCUT2D eigenvalue weighted by molar-refractivity contribution is -0.326. The van der Waals surface area contributed by atoms with E-state index in [1.54, 1.807) is 0 Å². The lowest BCUT2D eigenvalue weighted by Gasteiger charge is -2.31. The first kappa shape index (κ1) is 21.8. The fourth-order valence-corrected chi connectivity index (χ4v) is 2.20. The van der Waals surface area contributed by atoms with Crippen molar-refractivity contribution in [2.75, 3.05) is 7.11 Å². The minimum Gasteiger partial charge on any atom is -0.427 e. The van der Waals surface area contributed by atoms with Gasteiger partial charge in [-0.25, -0.2) is 14.4 Å². The van der Waals surface area contributed by atoms with Gasteiger partial charge >= 0.3 is 23.9 Å². The first-order chi connectivity index (χ1) is 11.0. The molecule has 0 saturated heterocycles. The Morgan fingerprint density at radius 2 is 1.17 bits per heavy atom. The average molecular weight is 356 g/mol. The van der Waals surface area contributed by atoms with Crippen molar-refractivity contribution in [3.8, 4) is 0 Å². The Morgan fingerprint density at radius 1 is 0.833 bits per heavy atom. The van der Waals surface area contributed by atoms with Gasteiger partial charge in [0.15, 0.2) is 9.76 Å². The van der Waals surface area contributed by atoms with E-state index in [9.17, 15) is 14.4 Å². The maximum Gasteiger partial charge on any atom is 0.423 e. The molecule has 7 nitrogen and oxygen atoms in total. The third kappa shape index (κ3) is 7.38. The molecule has 0 bridgehead atoms. The van der Waals surface area contributed by atoms with E-state index in [1.807, 2.05) is 0 Å². The molecule has 134 valence electrons. The van der Waals surface area contributed by atoms with E-state index < -0.39 is 33.6 Å². The van der Waals surface area contributed by atoms with Gasteiger partial charge in [-0.1, -0.05) is 19.7 Å². The Kier molecular flexibility index (Phi) is 8.94. The van der Waals surface area contributed by atoms with Gasteiger partial charge in [0.2, 0.25) is 0 Å². The molecule has 0 radical (unpaired) electrons. The minimum atomic E-state index is -2.21. The maximum atomic E-state index is 11.9. The molecule has 0 aromatic carbocycles. The molecule has 0 atom stereocenters. The summed E-state index contributed by atoms with van der Waals surface area (Å²) in [6.45, 7) is 14.6. The van der Waals surface area contributed by atoms with Crippen LogP contribution in [-0.2, 0) is 33.0 Å². The Morgan fingerprint density at radius 3 is 1.42 bits per heavy atom. The van der Waals surface area contributed by atoms with Crippen LogP contribution in [0.1, 0.15) is 27.2 Å². The van der Waals surface area contributed by atoms with Crippen LogP contribution in [0.5, 0.6) is 0 Å². The maximum absolute atomic E-state index is 11.9. The molecule has 24 heavy (non-hydrogen) atoms. The number of hydrogen-bond donors (Lipinski definition) is 0. The van der Waals surface area contributed by atoms with Crippen LogP contribution in [0.3, 0.4) is 0 Å². The zero-order valence-electron chi connectivity index (χ0n) is 14.6. The molecule has 0 aliphatic rings. The summed E-state index contributed by atoms with van der Waals surface area (Å²) in [4.78, 5) is 35.8. The standard InChI is InChI=1S/C16H24O7Si/c1-10(2)13(17)21-16(8-9-24-20-7,22-14(18)11(3)4)23-15(19)12(5)6/h1,3,5,8-9,24H2,2,4,6-7H3. The fourth-order valence-electron chi connectivity index (χ4n) is 1.33. The topological polar surface area (TPSA) is 88.1 Å². The summed E-state index contributed by atoms with van der Waals surface area (Å²) in [7, 11) is 0.576. The molecule has 0 fully saturated rings. The molecule has 0 rings (SSSR count). The first-order valence-corrected chi connectivity index (χ1v) is 8.78. The summed E-state index contributed by atoms with van der Waals surface area (Å²) in [5.41, 5.74) is 0.170. The quantitative estimate of drug-likeness (QED) is 0.193. The van der Waals surface area contributed by atoms with Crippen molar-refractivity contribution in [1.82, 2.24) is 0 Å². The second-order valence-electron chi connectivity index (χ2n) is 5.29. The minimum absolute atomic E-state index is 0.0566. The number of carbonyl (C=O) groups excluding carboxylic acids is 3. The highest BCUT2D eigenvalue weighted by molar-refractivity contribution is 6.26. The van der Waals surface area contributed by atoms with Gasteiger partial charge in [-0.2, -0.15) is 0 Å². The van der Waals surface area contributed by atoms with Gasteiger partial charge in [0.1, 0.15) is 0 Å². The lowest BCUT2D eigenvalue weighted by atomic mass is 10.3. The molecule has 0 amide bonds. The predicted octanol–water partition coefficient (Wildman–Crippen LogP) is 1.54. The van der Waals surface area contributed by atoms with Gasteiger partial charge in [0.25, 0.3) is 0 Å². The fraction of sp³-hybridized carbons (Fsp3) is 0.438. The van der Waals surface area contributed by atoms with Crippen LogP contribution in [-0.4, -0.2) is 40.8 Å². The monoisotopic (exact) mass is 356 g/mol. The number of carbonyl (C=O) groups is 3. The van der Waals surface area contributed by atoms with Crippen molar-refractivity contribution >= 4 is 27.7 Å². The van der Waals surface area contributed by atoms with E-state index in [2.05, 4.69) is 19.7 Å². The zero-order chi connectivity index (χ0) is 18.9. The van der Waals surface area contributed by atoms with Crippen molar-refractivity contribution in [3.63, 3.8) is 0 Å². The molecular weight excluding hydrogens is 332 g/mol. The summed E-state index contributed by atoms with van der Waals surface area (Å²) in [5, 5.41) is 0. The van der Waals surface area contributed by atoms with Gasteiger partial charge in [0.05, 0.1) is 6.42 Å². The highest BCUT2D eigenvalue weighted by atomic mass is 28.2. The Bertz CT molecular complexity index is 481. The molecule has 0 heterocycles. The highest BCUT2D eigenvalue weighted by Crippen LogP contribution is 2.26. The Labute approximate surface area is 144 Å². The van der Waals surface area contributed by atoms with Crippen LogP contribution in [0.4, 0.5) is 0 Å². The van der Waals surface area contributed by atoms with Crippen LogP contribution in [0.25, 0.3) is 0 Å². The van der Waals surface area contributed by atoms with Crippen LogP contribution >= 0.6 is 0 Å². The third-order valence-corrected chi connectivity index (χ3v) is 3.67. The number of rotatable bonds is 10. The average Bonchev–Trinajstić information content (AvgIpc) is 2.46. The summed E-state index contributed by atoms with van der Waals surface area (Å²) in [5.74, 6) is -4.80. The van der Waals surface area contributed by atoms with E-state index in [0.29, 0.717) is 6.04 Å². The molecule has 0 saturated carbocycles. The molecular formula is C16H24O7Si. The normalized spacial score (nSPS) is 11.0. The Balaban J connectivity index is 5.67. The summed E-state index contributed by atoms with van der Waals surface area (Å²) in [6.07, 6.45) is -0.0654. The second kappa shape index (κ2) is 9.84. The smallest absolute Gasteiger partial charge is 0.423 e. The van der Waals surface area contributed by atoms with Gasteiger partial charge in [0, 0.05) is 23.8 Å². The second-order valence-corrected chi connectivity index (χ2v) is 6.98. The van der Waals surface area contributed by atoms with E-state index in [4.69, 9.17) is 18.6 Å². The van der Waals surface area contributed by atoms with Crippen molar-refractivity contribution in [2.45, 2.75) is 39.2 Å². The van der Waals surface area contributed by atoms with Crippen LogP contribution < -0.4 is 0 Å². The summed E-state index contributed by atoms with van der Waals surface area (Å²) < 4.78 is 20.5. The van der Waals surface area contributed by atoms with Crippen molar-refractivity contribution in [1.29, 1.82) is 0 Å². The molecule has 8 heteroatoms. The molecule has 0 spiro atoms. The number of ether oxygens (including phenoxy) is 3. The van der Waals surface area contributed by atoms with Crippen molar-refractivity contribution in [3.05, 3.63) is 36.5 Å². The predicted molar refractivity (Wildman–Crippen MR) is 90.4 cm³/mol. The lowest BCUT2D eigenvalue weighted by Crippen LogP contribution is -2.45. The van der Waals surface area contributed by atoms with E-state index >= 15 is 0 Å². The van der Waals surface area contributed by atoms with E-state index in [-0.39, 0.29) is 23.1 Å². The largest absolute Gasteiger partial charge is 0.427 e. The van der Waals surface area contributed by atoms with E-state index in [1.165, 1.54) is 27.9 Å². The first-order valence-electron chi connectivity index (χ1n) is 7.20. The molecule has 0 aromatic heterocycles. The number of hydrogen-bond acceptors (Lipinski definition) is 7. The molecule has 0 N–H and O–H groups in total. The zero-order valence-corrected chi connectivity index (χ0v) is 16.0. The number of esters is 3. The van der Waals surface area contributed by atoms with Gasteiger partial charge in [-0.05, 0) is 26.8 Å². The van der Waals surface area contributed by atoms with Crippen LogP contribution in [0.15, 0.2) is 36.5 Å². The summed E-state index contributed by atoms with van der Waals surface area (Å²) >= 11 is 0. The van der Waals surface area contributed by atoms with Gasteiger partial charge in [-0.15, -0.1) is 0 Å². The molecule has 0 unspecified atom stereocenters. The highest BCUT2D eigenvalue weighted by Gasteiger charge is 2.43. The van der Waals surface area contributed by atoms with Crippen LogP contribution in [0.2, 0.25) is 6.04 Å². The molecule has 0 aromatic rings. The van der Waals surface area contributed by atoms with Crippen molar-refractivity contribution < 1.29 is 33.0 Å². The van der Waals surface area contributed by atoms with Gasteiger partial charge < -0.3 is 18.6 Å². The molecule has 0 aliphatic heterocycles. The van der Waals surface area contributed by atoms with Gasteiger partial charge in [-0.3, -0.25) is 0 Å². The SMILES string of the molecule is C=C(C)C(=O)OC(CC[SiH2]OC)(OC(=O)C(=C)C)OC(=O)C(=C)C. The summed E-state index contributed by atoms with van der Waals surface area (Å²) in [6, 6.07) is 0.424. The van der Waals surface area contributed by atoms with Crippen molar-refractivity contribution in [2.24, 2.45) is 0 Å². The third-order valence-electron chi connectivity index (χ3n) is 2.62.